The first kappa shape index (κ1) is 13.3. The minimum atomic E-state index is 0.554. The molecular formula is C13H22N4O. The number of methoxy groups -OCH3 is 1. The van der Waals surface area contributed by atoms with Gasteiger partial charge in [0.05, 0.1) is 6.61 Å². The first-order valence-electron chi connectivity index (χ1n) is 6.44. The molecule has 2 N–H and O–H groups in total. The number of pyridine rings is 1. The summed E-state index contributed by atoms with van der Waals surface area (Å²) < 4.78 is 5.10. The summed E-state index contributed by atoms with van der Waals surface area (Å²) in [7, 11) is 1.75. The minimum absolute atomic E-state index is 0.554. The number of nitrogens with two attached hydrogens (primary N) is 1. The SMILES string of the molecule is COCCN1CCN(c2ccc(CN)cn2)CC1. The second kappa shape index (κ2) is 6.68. The first-order valence-corrected chi connectivity index (χ1v) is 6.44. The highest BCUT2D eigenvalue weighted by Crippen LogP contribution is 2.13. The van der Waals surface area contributed by atoms with E-state index in [1.54, 1.807) is 7.11 Å². The van der Waals surface area contributed by atoms with Crippen LogP contribution in [0.15, 0.2) is 18.3 Å². The van der Waals surface area contributed by atoms with E-state index < -0.39 is 0 Å². The van der Waals surface area contributed by atoms with E-state index in [0.717, 1.165) is 50.7 Å². The van der Waals surface area contributed by atoms with Crippen LogP contribution in [0.1, 0.15) is 5.56 Å². The molecule has 0 spiro atoms. The Labute approximate surface area is 109 Å². The van der Waals surface area contributed by atoms with E-state index >= 15 is 0 Å². The number of hydrogen-bond acceptors (Lipinski definition) is 5. The first-order chi connectivity index (χ1) is 8.83. The van der Waals surface area contributed by atoms with Crippen molar-refractivity contribution < 1.29 is 4.74 Å². The quantitative estimate of drug-likeness (QED) is 0.815. The molecular weight excluding hydrogens is 228 g/mol. The van der Waals surface area contributed by atoms with E-state index in [1.165, 1.54) is 0 Å². The van der Waals surface area contributed by atoms with Crippen molar-refractivity contribution in [2.24, 2.45) is 5.73 Å². The monoisotopic (exact) mass is 250 g/mol. The van der Waals surface area contributed by atoms with Gasteiger partial charge in [0.2, 0.25) is 0 Å². The van der Waals surface area contributed by atoms with Gasteiger partial charge in [-0.2, -0.15) is 0 Å². The predicted molar refractivity (Wildman–Crippen MR) is 72.7 cm³/mol. The van der Waals surface area contributed by atoms with Gasteiger partial charge in [-0.05, 0) is 11.6 Å². The normalized spacial score (nSPS) is 17.1. The summed E-state index contributed by atoms with van der Waals surface area (Å²) in [5, 5.41) is 0. The van der Waals surface area contributed by atoms with Gasteiger partial charge in [-0.3, -0.25) is 4.90 Å². The molecule has 0 aromatic carbocycles. The van der Waals surface area contributed by atoms with Crippen molar-refractivity contribution in [3.63, 3.8) is 0 Å². The molecule has 1 aliphatic heterocycles. The molecule has 1 fully saturated rings. The number of piperazine rings is 1. The van der Waals surface area contributed by atoms with Crippen LogP contribution in [0.2, 0.25) is 0 Å². The molecule has 1 aromatic rings. The Balaban J connectivity index is 1.84. The summed E-state index contributed by atoms with van der Waals surface area (Å²) in [6.07, 6.45) is 1.87. The van der Waals surface area contributed by atoms with Gasteiger partial charge in [0.1, 0.15) is 5.82 Å². The van der Waals surface area contributed by atoms with Crippen LogP contribution in [-0.2, 0) is 11.3 Å². The number of nitrogens with zero attached hydrogens (tertiary/aromatic N) is 3. The molecule has 0 aliphatic carbocycles. The fraction of sp³-hybridized carbons (Fsp3) is 0.615. The van der Waals surface area contributed by atoms with Crippen molar-refractivity contribution in [2.45, 2.75) is 6.54 Å². The highest BCUT2D eigenvalue weighted by molar-refractivity contribution is 5.39. The van der Waals surface area contributed by atoms with Crippen LogP contribution >= 0.6 is 0 Å². The topological polar surface area (TPSA) is 54.6 Å². The van der Waals surface area contributed by atoms with Crippen LogP contribution in [0, 0.1) is 0 Å². The number of rotatable bonds is 5. The second-order valence-corrected chi connectivity index (χ2v) is 4.55. The summed E-state index contributed by atoms with van der Waals surface area (Å²) in [6, 6.07) is 4.12. The standard InChI is InChI=1S/C13H22N4O/c1-18-9-8-16-4-6-17(7-5-16)13-3-2-12(10-14)11-15-13/h2-3,11H,4-10,14H2,1H3. The molecule has 100 valence electrons. The Bertz CT molecular complexity index is 347. The van der Waals surface area contributed by atoms with Crippen molar-refractivity contribution in [3.05, 3.63) is 23.9 Å². The van der Waals surface area contributed by atoms with Crippen LogP contribution < -0.4 is 10.6 Å². The van der Waals surface area contributed by atoms with E-state index in [1.807, 2.05) is 6.20 Å². The Morgan fingerprint density at radius 3 is 2.61 bits per heavy atom. The summed E-state index contributed by atoms with van der Waals surface area (Å²) >= 11 is 0. The lowest BCUT2D eigenvalue weighted by molar-refractivity contribution is 0.144. The van der Waals surface area contributed by atoms with Gasteiger partial charge in [0, 0.05) is 52.6 Å². The largest absolute Gasteiger partial charge is 0.383 e. The summed E-state index contributed by atoms with van der Waals surface area (Å²) in [5.41, 5.74) is 6.65. The van der Waals surface area contributed by atoms with Crippen LogP contribution in [-0.4, -0.2) is 56.3 Å². The molecule has 1 aliphatic rings. The number of anilines is 1. The molecule has 0 unspecified atom stereocenters. The Hall–Kier alpha value is -1.17. The van der Waals surface area contributed by atoms with E-state index in [9.17, 15) is 0 Å². The lowest BCUT2D eigenvalue weighted by Crippen LogP contribution is -2.47. The lowest BCUT2D eigenvalue weighted by Gasteiger charge is -2.35. The minimum Gasteiger partial charge on any atom is -0.383 e. The third-order valence-corrected chi connectivity index (χ3v) is 3.35. The van der Waals surface area contributed by atoms with Gasteiger partial charge in [-0.25, -0.2) is 4.98 Å². The van der Waals surface area contributed by atoms with Gasteiger partial charge in [-0.15, -0.1) is 0 Å². The zero-order valence-electron chi connectivity index (χ0n) is 11.0. The zero-order valence-corrected chi connectivity index (χ0v) is 11.0. The Morgan fingerprint density at radius 1 is 1.28 bits per heavy atom. The molecule has 2 rings (SSSR count). The van der Waals surface area contributed by atoms with Crippen molar-refractivity contribution >= 4 is 5.82 Å². The molecule has 0 amide bonds. The van der Waals surface area contributed by atoms with Gasteiger partial charge >= 0.3 is 0 Å². The number of hydrogen-bond donors (Lipinski definition) is 1. The molecule has 5 heteroatoms. The van der Waals surface area contributed by atoms with E-state index in [4.69, 9.17) is 10.5 Å². The molecule has 1 aromatic heterocycles. The average Bonchev–Trinajstić information content (AvgIpc) is 2.46. The van der Waals surface area contributed by atoms with Crippen LogP contribution in [0.4, 0.5) is 5.82 Å². The fourth-order valence-corrected chi connectivity index (χ4v) is 2.15. The second-order valence-electron chi connectivity index (χ2n) is 4.55. The zero-order chi connectivity index (χ0) is 12.8. The van der Waals surface area contributed by atoms with Gasteiger partial charge < -0.3 is 15.4 Å². The molecule has 5 nitrogen and oxygen atoms in total. The molecule has 0 bridgehead atoms. The third kappa shape index (κ3) is 3.41. The van der Waals surface area contributed by atoms with E-state index in [-0.39, 0.29) is 0 Å². The molecule has 18 heavy (non-hydrogen) atoms. The van der Waals surface area contributed by atoms with Crippen LogP contribution in [0.3, 0.4) is 0 Å². The third-order valence-electron chi connectivity index (χ3n) is 3.35. The number of ether oxygens (including phenoxy) is 1. The highest BCUT2D eigenvalue weighted by atomic mass is 16.5. The maximum absolute atomic E-state index is 5.57. The molecule has 2 heterocycles. The smallest absolute Gasteiger partial charge is 0.128 e. The van der Waals surface area contributed by atoms with Crippen molar-refractivity contribution in [2.75, 3.05) is 51.3 Å². The highest BCUT2D eigenvalue weighted by Gasteiger charge is 2.17. The lowest BCUT2D eigenvalue weighted by atomic mass is 10.2. The van der Waals surface area contributed by atoms with Gasteiger partial charge in [-0.1, -0.05) is 6.07 Å². The maximum atomic E-state index is 5.57. The Kier molecular flexibility index (Phi) is 4.92. The van der Waals surface area contributed by atoms with Crippen LogP contribution in [0.5, 0.6) is 0 Å². The van der Waals surface area contributed by atoms with Crippen molar-refractivity contribution in [1.82, 2.24) is 9.88 Å². The van der Waals surface area contributed by atoms with Crippen molar-refractivity contribution in [1.29, 1.82) is 0 Å². The number of aromatic nitrogens is 1. The summed E-state index contributed by atoms with van der Waals surface area (Å²) in [4.78, 5) is 9.21. The van der Waals surface area contributed by atoms with Crippen LogP contribution in [0.25, 0.3) is 0 Å². The van der Waals surface area contributed by atoms with Gasteiger partial charge in [0.25, 0.3) is 0 Å². The maximum Gasteiger partial charge on any atom is 0.128 e. The molecule has 0 saturated carbocycles. The molecule has 0 radical (unpaired) electrons. The van der Waals surface area contributed by atoms with E-state index in [2.05, 4.69) is 26.9 Å². The molecule has 0 atom stereocenters. The Morgan fingerprint density at radius 2 is 2.06 bits per heavy atom. The van der Waals surface area contributed by atoms with Crippen molar-refractivity contribution in [3.8, 4) is 0 Å². The predicted octanol–water partition coefficient (Wildman–Crippen LogP) is 0.309. The summed E-state index contributed by atoms with van der Waals surface area (Å²) in [6.45, 7) is 6.58. The van der Waals surface area contributed by atoms with E-state index in [0.29, 0.717) is 6.54 Å². The summed E-state index contributed by atoms with van der Waals surface area (Å²) in [5.74, 6) is 1.05. The fourth-order valence-electron chi connectivity index (χ4n) is 2.15. The molecule has 1 saturated heterocycles. The average molecular weight is 250 g/mol. The van der Waals surface area contributed by atoms with Gasteiger partial charge in [0.15, 0.2) is 0 Å².